The molecule has 3 heteroatoms. The lowest BCUT2D eigenvalue weighted by Gasteiger charge is -2.05. The van der Waals surface area contributed by atoms with Crippen molar-refractivity contribution in [2.45, 2.75) is 6.42 Å². The molecule has 13 heavy (non-hydrogen) atoms. The fourth-order valence-electron chi connectivity index (χ4n) is 1.02. The third-order valence-electron chi connectivity index (χ3n) is 1.75. The molecule has 0 heterocycles. The first-order valence-electron chi connectivity index (χ1n) is 4.35. The van der Waals surface area contributed by atoms with Crippen LogP contribution in [0.3, 0.4) is 0 Å². The maximum absolute atomic E-state index is 5.05. The smallest absolute Gasteiger partial charge is 0.119 e. The van der Waals surface area contributed by atoms with E-state index in [0.717, 1.165) is 30.2 Å². The van der Waals surface area contributed by atoms with Gasteiger partial charge in [-0.3, -0.25) is 0 Å². The van der Waals surface area contributed by atoms with Crippen LogP contribution in [-0.4, -0.2) is 19.4 Å². The Hall–Kier alpha value is -0.830. The standard InChI is InChI=1S/C10H15NOS/c1-12-10-5-3-9(4-6-10)11-7-2-8-13/h3-6,11,13H,2,7-8H2,1H3. The van der Waals surface area contributed by atoms with Gasteiger partial charge in [0.05, 0.1) is 7.11 Å². The van der Waals surface area contributed by atoms with Crippen molar-refractivity contribution in [3.8, 4) is 5.75 Å². The number of thiol groups is 1. The molecule has 0 amide bonds. The van der Waals surface area contributed by atoms with E-state index < -0.39 is 0 Å². The van der Waals surface area contributed by atoms with E-state index in [0.29, 0.717) is 0 Å². The molecular formula is C10H15NOS. The van der Waals surface area contributed by atoms with Crippen LogP contribution in [0.25, 0.3) is 0 Å². The van der Waals surface area contributed by atoms with E-state index in [2.05, 4.69) is 17.9 Å². The largest absolute Gasteiger partial charge is 0.497 e. The normalized spacial score (nSPS) is 9.69. The van der Waals surface area contributed by atoms with Crippen LogP contribution < -0.4 is 10.1 Å². The predicted octanol–water partition coefficient (Wildman–Crippen LogP) is 2.43. The van der Waals surface area contributed by atoms with Crippen molar-refractivity contribution < 1.29 is 4.74 Å². The van der Waals surface area contributed by atoms with Crippen LogP contribution in [0.15, 0.2) is 24.3 Å². The summed E-state index contributed by atoms with van der Waals surface area (Å²) in [6, 6.07) is 7.92. The third kappa shape index (κ3) is 3.59. The van der Waals surface area contributed by atoms with Gasteiger partial charge in [0.2, 0.25) is 0 Å². The summed E-state index contributed by atoms with van der Waals surface area (Å²) in [6.07, 6.45) is 1.08. The van der Waals surface area contributed by atoms with Crippen molar-refractivity contribution in [3.63, 3.8) is 0 Å². The van der Waals surface area contributed by atoms with Crippen molar-refractivity contribution in [1.82, 2.24) is 0 Å². The highest BCUT2D eigenvalue weighted by Gasteiger charge is 1.92. The van der Waals surface area contributed by atoms with Gasteiger partial charge < -0.3 is 10.1 Å². The second-order valence-electron chi connectivity index (χ2n) is 2.73. The minimum Gasteiger partial charge on any atom is -0.497 e. The van der Waals surface area contributed by atoms with Gasteiger partial charge in [0.1, 0.15) is 5.75 Å². The second-order valence-corrected chi connectivity index (χ2v) is 3.18. The van der Waals surface area contributed by atoms with E-state index in [4.69, 9.17) is 4.74 Å². The summed E-state index contributed by atoms with van der Waals surface area (Å²) < 4.78 is 5.05. The molecule has 2 nitrogen and oxygen atoms in total. The molecule has 1 N–H and O–H groups in total. The topological polar surface area (TPSA) is 21.3 Å². The van der Waals surface area contributed by atoms with Crippen molar-refractivity contribution in [2.24, 2.45) is 0 Å². The zero-order valence-corrected chi connectivity index (χ0v) is 8.68. The highest BCUT2D eigenvalue weighted by molar-refractivity contribution is 7.80. The number of hydrogen-bond donors (Lipinski definition) is 2. The second kappa shape index (κ2) is 5.75. The first-order valence-corrected chi connectivity index (χ1v) is 4.99. The van der Waals surface area contributed by atoms with Crippen molar-refractivity contribution in [1.29, 1.82) is 0 Å². The molecule has 0 bridgehead atoms. The summed E-state index contributed by atoms with van der Waals surface area (Å²) in [7, 11) is 1.67. The van der Waals surface area contributed by atoms with Gasteiger partial charge in [0.25, 0.3) is 0 Å². The Morgan fingerprint density at radius 1 is 1.31 bits per heavy atom. The maximum atomic E-state index is 5.05. The summed E-state index contributed by atoms with van der Waals surface area (Å²) in [4.78, 5) is 0. The van der Waals surface area contributed by atoms with Crippen molar-refractivity contribution in [3.05, 3.63) is 24.3 Å². The average Bonchev–Trinajstić information content (AvgIpc) is 2.19. The summed E-state index contributed by atoms with van der Waals surface area (Å²) in [5, 5.41) is 3.29. The van der Waals surface area contributed by atoms with E-state index in [1.54, 1.807) is 7.11 Å². The molecule has 0 radical (unpaired) electrons. The van der Waals surface area contributed by atoms with E-state index in [1.165, 1.54) is 0 Å². The fraction of sp³-hybridized carbons (Fsp3) is 0.400. The van der Waals surface area contributed by atoms with Gasteiger partial charge in [0.15, 0.2) is 0 Å². The van der Waals surface area contributed by atoms with Gasteiger partial charge in [-0.1, -0.05) is 0 Å². The first-order chi connectivity index (χ1) is 6.36. The van der Waals surface area contributed by atoms with Crippen LogP contribution >= 0.6 is 12.6 Å². The molecule has 1 rings (SSSR count). The van der Waals surface area contributed by atoms with Gasteiger partial charge in [0, 0.05) is 12.2 Å². The van der Waals surface area contributed by atoms with Gasteiger partial charge in [-0.25, -0.2) is 0 Å². The molecule has 0 aliphatic rings. The van der Waals surface area contributed by atoms with Gasteiger partial charge >= 0.3 is 0 Å². The number of anilines is 1. The Morgan fingerprint density at radius 3 is 2.54 bits per heavy atom. The molecule has 72 valence electrons. The van der Waals surface area contributed by atoms with E-state index in [9.17, 15) is 0 Å². The molecule has 0 aliphatic heterocycles. The van der Waals surface area contributed by atoms with Crippen molar-refractivity contribution >= 4 is 18.3 Å². The molecule has 0 unspecified atom stereocenters. The van der Waals surface area contributed by atoms with Crippen LogP contribution in [0.4, 0.5) is 5.69 Å². The Bertz CT molecular complexity index is 235. The number of benzene rings is 1. The predicted molar refractivity (Wildman–Crippen MR) is 60.0 cm³/mol. The molecule has 0 aliphatic carbocycles. The number of ether oxygens (including phenoxy) is 1. The number of methoxy groups -OCH3 is 1. The van der Waals surface area contributed by atoms with E-state index >= 15 is 0 Å². The average molecular weight is 197 g/mol. The minimum absolute atomic E-state index is 0.889. The maximum Gasteiger partial charge on any atom is 0.119 e. The van der Waals surface area contributed by atoms with Crippen LogP contribution in [0.5, 0.6) is 5.75 Å². The highest BCUT2D eigenvalue weighted by atomic mass is 32.1. The molecule has 1 aromatic rings. The summed E-state index contributed by atoms with van der Waals surface area (Å²) >= 11 is 4.14. The zero-order chi connectivity index (χ0) is 9.52. The lowest BCUT2D eigenvalue weighted by Crippen LogP contribution is -2.01. The van der Waals surface area contributed by atoms with Gasteiger partial charge in [-0.2, -0.15) is 12.6 Å². The lowest BCUT2D eigenvalue weighted by atomic mass is 10.3. The Kier molecular flexibility index (Phi) is 4.54. The van der Waals surface area contributed by atoms with Gasteiger partial charge in [-0.15, -0.1) is 0 Å². The first kappa shape index (κ1) is 10.3. The fourth-order valence-corrected chi connectivity index (χ4v) is 1.18. The lowest BCUT2D eigenvalue weighted by molar-refractivity contribution is 0.415. The molecule has 0 fully saturated rings. The van der Waals surface area contributed by atoms with Crippen LogP contribution in [-0.2, 0) is 0 Å². The molecule has 0 atom stereocenters. The van der Waals surface area contributed by atoms with Crippen LogP contribution in [0.1, 0.15) is 6.42 Å². The number of rotatable bonds is 5. The van der Waals surface area contributed by atoms with E-state index in [-0.39, 0.29) is 0 Å². The Morgan fingerprint density at radius 2 is 2.00 bits per heavy atom. The molecule has 0 aromatic heterocycles. The Balaban J connectivity index is 2.40. The Labute approximate surface area is 84.7 Å². The number of hydrogen-bond acceptors (Lipinski definition) is 3. The molecular weight excluding hydrogens is 182 g/mol. The third-order valence-corrected chi connectivity index (χ3v) is 2.07. The minimum atomic E-state index is 0.889. The summed E-state index contributed by atoms with van der Waals surface area (Å²) in [6.45, 7) is 0.968. The quantitative estimate of drug-likeness (QED) is 0.559. The number of nitrogens with one attached hydrogen (secondary N) is 1. The summed E-state index contributed by atoms with van der Waals surface area (Å²) in [5.74, 6) is 1.81. The molecule has 0 saturated carbocycles. The van der Waals surface area contributed by atoms with Crippen LogP contribution in [0, 0.1) is 0 Å². The highest BCUT2D eigenvalue weighted by Crippen LogP contribution is 2.14. The van der Waals surface area contributed by atoms with Crippen LogP contribution in [0.2, 0.25) is 0 Å². The van der Waals surface area contributed by atoms with Gasteiger partial charge in [-0.05, 0) is 36.4 Å². The van der Waals surface area contributed by atoms with Crippen molar-refractivity contribution in [2.75, 3.05) is 24.7 Å². The van der Waals surface area contributed by atoms with E-state index in [1.807, 2.05) is 24.3 Å². The SMILES string of the molecule is COc1ccc(NCCCS)cc1. The molecule has 1 aromatic carbocycles. The summed E-state index contributed by atoms with van der Waals surface area (Å²) in [5.41, 5.74) is 1.13. The molecule has 0 saturated heterocycles. The zero-order valence-electron chi connectivity index (χ0n) is 7.79. The monoisotopic (exact) mass is 197 g/mol. The molecule has 0 spiro atoms.